The van der Waals surface area contributed by atoms with Crippen LogP contribution < -0.4 is 5.56 Å². The van der Waals surface area contributed by atoms with E-state index in [1.807, 2.05) is 0 Å². The summed E-state index contributed by atoms with van der Waals surface area (Å²) < 4.78 is 40.0. The van der Waals surface area contributed by atoms with E-state index in [1.165, 1.54) is 6.20 Å². The first-order valence-corrected chi connectivity index (χ1v) is 7.61. The second-order valence-corrected chi connectivity index (χ2v) is 6.21. The number of carboxylic acids is 1. The van der Waals surface area contributed by atoms with E-state index in [0.29, 0.717) is 4.96 Å². The SMILES string of the molecule is O=C(O)[C@@H]1CN(C(=O)c2cnc3sccn3c2=O)C[C@H]1C(F)(F)F. The summed E-state index contributed by atoms with van der Waals surface area (Å²) in [6.07, 6.45) is -2.34. The molecular weight excluding hydrogens is 351 g/mol. The molecule has 128 valence electrons. The maximum absolute atomic E-state index is 13.0. The first-order chi connectivity index (χ1) is 11.2. The number of carbonyl (C=O) groups excluding carboxylic acids is 1. The summed E-state index contributed by atoms with van der Waals surface area (Å²) in [4.78, 5) is 40.7. The van der Waals surface area contributed by atoms with Crippen molar-refractivity contribution in [1.29, 1.82) is 0 Å². The zero-order valence-electron chi connectivity index (χ0n) is 11.9. The van der Waals surface area contributed by atoms with Crippen molar-refractivity contribution in [2.75, 3.05) is 13.1 Å². The molecule has 0 radical (unpaired) electrons. The van der Waals surface area contributed by atoms with Gasteiger partial charge in [0, 0.05) is 30.9 Å². The molecule has 1 amide bonds. The van der Waals surface area contributed by atoms with Crippen LogP contribution in [0.25, 0.3) is 4.96 Å². The predicted molar refractivity (Wildman–Crippen MR) is 75.9 cm³/mol. The molecule has 1 aliphatic rings. The number of halogens is 3. The van der Waals surface area contributed by atoms with Gasteiger partial charge in [-0.1, -0.05) is 0 Å². The lowest BCUT2D eigenvalue weighted by atomic mass is 9.96. The first kappa shape index (κ1) is 16.4. The van der Waals surface area contributed by atoms with Crippen molar-refractivity contribution in [3.05, 3.63) is 33.7 Å². The van der Waals surface area contributed by atoms with Gasteiger partial charge in [0.2, 0.25) is 0 Å². The number of hydrogen-bond donors (Lipinski definition) is 1. The molecule has 0 saturated carbocycles. The largest absolute Gasteiger partial charge is 0.481 e. The standard InChI is InChI=1S/C13H10F3N3O4S/c14-13(15,16)8-5-18(4-7(8)11(22)23)9(20)6-3-17-12-19(10(6)21)1-2-24-12/h1-3,7-8H,4-5H2,(H,22,23)/t7-,8-/m1/s1. The molecule has 2 aromatic rings. The van der Waals surface area contributed by atoms with Gasteiger partial charge in [0.25, 0.3) is 11.5 Å². The van der Waals surface area contributed by atoms with Crippen LogP contribution in [0.2, 0.25) is 0 Å². The van der Waals surface area contributed by atoms with E-state index in [0.717, 1.165) is 26.8 Å². The lowest BCUT2D eigenvalue weighted by Gasteiger charge is -2.18. The van der Waals surface area contributed by atoms with Crippen molar-refractivity contribution >= 4 is 28.2 Å². The molecule has 11 heteroatoms. The third-order valence-electron chi connectivity index (χ3n) is 3.92. The number of carboxylic acid groups (broad SMARTS) is 1. The third-order valence-corrected chi connectivity index (χ3v) is 4.69. The lowest BCUT2D eigenvalue weighted by Crippen LogP contribution is -2.35. The number of thiazole rings is 1. The minimum absolute atomic E-state index is 0.342. The van der Waals surface area contributed by atoms with Gasteiger partial charge in [-0.3, -0.25) is 18.8 Å². The van der Waals surface area contributed by atoms with E-state index < -0.39 is 54.1 Å². The van der Waals surface area contributed by atoms with Crippen molar-refractivity contribution in [2.24, 2.45) is 11.8 Å². The van der Waals surface area contributed by atoms with Gasteiger partial charge in [-0.15, -0.1) is 11.3 Å². The van der Waals surface area contributed by atoms with Crippen LogP contribution in [0.1, 0.15) is 10.4 Å². The van der Waals surface area contributed by atoms with Crippen LogP contribution in [0.15, 0.2) is 22.6 Å². The Bertz CT molecular complexity index is 875. The highest BCUT2D eigenvalue weighted by atomic mass is 32.1. The maximum Gasteiger partial charge on any atom is 0.394 e. The molecule has 1 saturated heterocycles. The fourth-order valence-corrected chi connectivity index (χ4v) is 3.37. The van der Waals surface area contributed by atoms with Gasteiger partial charge in [-0.2, -0.15) is 13.2 Å². The van der Waals surface area contributed by atoms with Gasteiger partial charge in [0.1, 0.15) is 5.56 Å². The number of aromatic nitrogens is 2. The Kier molecular flexibility index (Phi) is 3.82. The predicted octanol–water partition coefficient (Wildman–Crippen LogP) is 1.09. The van der Waals surface area contributed by atoms with Crippen LogP contribution in [0.5, 0.6) is 0 Å². The fraction of sp³-hybridized carbons (Fsp3) is 0.385. The minimum Gasteiger partial charge on any atom is -0.481 e. The molecule has 1 N–H and O–H groups in total. The maximum atomic E-state index is 13.0. The van der Waals surface area contributed by atoms with Crippen molar-refractivity contribution in [1.82, 2.24) is 14.3 Å². The molecule has 0 aromatic carbocycles. The molecule has 0 bridgehead atoms. The van der Waals surface area contributed by atoms with Crippen LogP contribution in [-0.4, -0.2) is 50.5 Å². The quantitative estimate of drug-likeness (QED) is 0.865. The van der Waals surface area contributed by atoms with Crippen LogP contribution in [-0.2, 0) is 4.79 Å². The average molecular weight is 361 g/mol. The summed E-state index contributed by atoms with van der Waals surface area (Å²) in [5.74, 6) is -6.50. The van der Waals surface area contributed by atoms with E-state index >= 15 is 0 Å². The number of fused-ring (bicyclic) bond motifs is 1. The molecule has 7 nitrogen and oxygen atoms in total. The first-order valence-electron chi connectivity index (χ1n) is 6.74. The van der Waals surface area contributed by atoms with E-state index in [9.17, 15) is 27.6 Å². The number of carbonyl (C=O) groups is 2. The number of amides is 1. The van der Waals surface area contributed by atoms with E-state index in [1.54, 1.807) is 5.38 Å². The Morgan fingerprint density at radius 2 is 2.04 bits per heavy atom. The van der Waals surface area contributed by atoms with Crippen LogP contribution in [0, 0.1) is 11.8 Å². The molecule has 1 fully saturated rings. The highest BCUT2D eigenvalue weighted by Gasteiger charge is 2.53. The van der Waals surface area contributed by atoms with Gasteiger partial charge < -0.3 is 10.0 Å². The van der Waals surface area contributed by atoms with Gasteiger partial charge in [0.05, 0.1) is 11.8 Å². The van der Waals surface area contributed by atoms with Crippen LogP contribution >= 0.6 is 11.3 Å². The third kappa shape index (κ3) is 2.64. The molecule has 3 heterocycles. The molecular formula is C13H10F3N3O4S. The smallest absolute Gasteiger partial charge is 0.394 e. The van der Waals surface area contributed by atoms with E-state index in [-0.39, 0.29) is 0 Å². The lowest BCUT2D eigenvalue weighted by molar-refractivity contribution is -0.187. The topological polar surface area (TPSA) is 92.0 Å². The molecule has 1 aliphatic heterocycles. The molecule has 0 spiro atoms. The van der Waals surface area contributed by atoms with Gasteiger partial charge in [-0.05, 0) is 0 Å². The highest BCUT2D eigenvalue weighted by molar-refractivity contribution is 7.15. The molecule has 0 aliphatic carbocycles. The van der Waals surface area contributed by atoms with Crippen molar-refractivity contribution < 1.29 is 27.9 Å². The Labute approximate surface area is 136 Å². The van der Waals surface area contributed by atoms with Crippen LogP contribution in [0.3, 0.4) is 0 Å². The fourth-order valence-electron chi connectivity index (χ4n) is 2.69. The Morgan fingerprint density at radius 3 is 2.62 bits per heavy atom. The number of hydrogen-bond acceptors (Lipinski definition) is 5. The molecule has 2 atom stereocenters. The number of aliphatic carboxylic acids is 1. The number of alkyl halides is 3. The Morgan fingerprint density at radius 1 is 1.33 bits per heavy atom. The van der Waals surface area contributed by atoms with E-state index in [4.69, 9.17) is 5.11 Å². The van der Waals surface area contributed by atoms with Gasteiger partial charge in [0.15, 0.2) is 4.96 Å². The summed E-state index contributed by atoms with van der Waals surface area (Å²) >= 11 is 1.16. The zero-order chi connectivity index (χ0) is 17.6. The van der Waals surface area contributed by atoms with Crippen molar-refractivity contribution in [3.8, 4) is 0 Å². The van der Waals surface area contributed by atoms with Gasteiger partial charge in [-0.25, -0.2) is 4.98 Å². The summed E-state index contributed by atoms with van der Waals surface area (Å²) in [6.45, 7) is -1.41. The Hall–Kier alpha value is -2.43. The van der Waals surface area contributed by atoms with E-state index in [2.05, 4.69) is 4.98 Å². The normalized spacial score (nSPS) is 21.4. The summed E-state index contributed by atoms with van der Waals surface area (Å²) in [7, 11) is 0. The molecule has 24 heavy (non-hydrogen) atoms. The monoisotopic (exact) mass is 361 g/mol. The minimum atomic E-state index is -4.75. The molecule has 3 rings (SSSR count). The number of nitrogens with zero attached hydrogens (tertiary/aromatic N) is 3. The van der Waals surface area contributed by atoms with Crippen molar-refractivity contribution in [3.63, 3.8) is 0 Å². The molecule has 2 aromatic heterocycles. The number of rotatable bonds is 2. The van der Waals surface area contributed by atoms with Crippen molar-refractivity contribution in [2.45, 2.75) is 6.18 Å². The highest BCUT2D eigenvalue weighted by Crippen LogP contribution is 2.38. The number of likely N-dealkylation sites (tertiary alicyclic amines) is 1. The van der Waals surface area contributed by atoms with Gasteiger partial charge >= 0.3 is 12.1 Å². The average Bonchev–Trinajstić information content (AvgIpc) is 3.13. The summed E-state index contributed by atoms with van der Waals surface area (Å²) in [5.41, 5.74) is -1.09. The summed E-state index contributed by atoms with van der Waals surface area (Å²) in [5, 5.41) is 10.5. The second kappa shape index (κ2) is 5.58. The van der Waals surface area contributed by atoms with Crippen LogP contribution in [0.4, 0.5) is 13.2 Å². The Balaban J connectivity index is 1.94. The zero-order valence-corrected chi connectivity index (χ0v) is 12.7. The summed E-state index contributed by atoms with van der Waals surface area (Å²) in [6, 6.07) is 0. The second-order valence-electron chi connectivity index (χ2n) is 5.34. The molecule has 0 unspecified atom stereocenters.